The summed E-state index contributed by atoms with van der Waals surface area (Å²) in [6, 6.07) is 29.1. The number of rotatable bonds is 5. The number of ether oxygens (including phenoxy) is 2. The Labute approximate surface area is 261 Å². The molecule has 8 nitrogen and oxygen atoms in total. The van der Waals surface area contributed by atoms with E-state index in [0.717, 1.165) is 14.7 Å². The lowest BCUT2D eigenvalue weighted by Gasteiger charge is -2.46. The van der Waals surface area contributed by atoms with Crippen LogP contribution in [-0.4, -0.2) is 41.0 Å². The molecule has 9 heteroatoms. The maximum atomic E-state index is 14.5. The number of aliphatic carboxylic acids is 1. The summed E-state index contributed by atoms with van der Waals surface area (Å²) >= 11 is 2.16. The van der Waals surface area contributed by atoms with Gasteiger partial charge in [0.25, 0.3) is 0 Å². The summed E-state index contributed by atoms with van der Waals surface area (Å²) in [4.78, 5) is 44.1. The fourth-order valence-electron chi connectivity index (χ4n) is 7.41. The van der Waals surface area contributed by atoms with Crippen molar-refractivity contribution in [3.05, 3.63) is 129 Å². The monoisotopic (exact) mass is 686 g/mol. The Kier molecular flexibility index (Phi) is 6.74. The highest BCUT2D eigenvalue weighted by atomic mass is 127. The van der Waals surface area contributed by atoms with Crippen LogP contribution in [0.15, 0.2) is 103 Å². The summed E-state index contributed by atoms with van der Waals surface area (Å²) in [6.45, 7) is 0. The topological polar surface area (TPSA) is 105 Å². The van der Waals surface area contributed by atoms with Gasteiger partial charge in [-0.05, 0) is 63.5 Å². The second-order valence-electron chi connectivity index (χ2n) is 11.0. The minimum Gasteiger partial charge on any atom is -0.496 e. The third-order valence-corrected chi connectivity index (χ3v) is 9.64. The largest absolute Gasteiger partial charge is 0.496 e. The number of morpholine rings is 1. The van der Waals surface area contributed by atoms with Crippen LogP contribution in [0.3, 0.4) is 0 Å². The maximum absolute atomic E-state index is 14.5. The number of esters is 1. The Bertz CT molecular complexity index is 1750. The lowest BCUT2D eigenvalue weighted by Crippen LogP contribution is -2.52. The first-order valence-corrected chi connectivity index (χ1v) is 15.0. The van der Waals surface area contributed by atoms with Gasteiger partial charge in [0.2, 0.25) is 5.91 Å². The number of nitrogens with one attached hydrogen (secondary N) is 1. The van der Waals surface area contributed by atoms with Gasteiger partial charge in [-0.25, -0.2) is 0 Å². The van der Waals surface area contributed by atoms with Crippen LogP contribution in [0.1, 0.15) is 40.4 Å². The molecule has 2 N–H and O–H groups in total. The average Bonchev–Trinajstić information content (AvgIpc) is 3.50. The number of hydrogen-bond donors (Lipinski definition) is 2. The van der Waals surface area contributed by atoms with E-state index in [1.807, 2.05) is 95.9 Å². The molecule has 1 amide bonds. The molecule has 0 radical (unpaired) electrons. The zero-order chi connectivity index (χ0) is 29.9. The van der Waals surface area contributed by atoms with Crippen LogP contribution in [-0.2, 0) is 24.5 Å². The summed E-state index contributed by atoms with van der Waals surface area (Å²) in [6.07, 6.45) is -0.769. The molecular formula is C34H27IN2O6. The minimum atomic E-state index is -1.68. The summed E-state index contributed by atoms with van der Waals surface area (Å²) in [5.41, 5.74) is 1.60. The van der Waals surface area contributed by atoms with Crippen LogP contribution in [0.25, 0.3) is 0 Å². The van der Waals surface area contributed by atoms with Crippen LogP contribution < -0.4 is 10.1 Å². The number of carboxylic acid groups (broad SMARTS) is 1. The number of cyclic esters (lactones) is 1. The molecule has 2 fully saturated rings. The highest BCUT2D eigenvalue weighted by molar-refractivity contribution is 14.1. The molecule has 43 heavy (non-hydrogen) atoms. The van der Waals surface area contributed by atoms with Crippen LogP contribution in [0.2, 0.25) is 0 Å². The van der Waals surface area contributed by atoms with Crippen LogP contribution >= 0.6 is 22.6 Å². The molecule has 4 aromatic rings. The Balaban J connectivity index is 1.59. The van der Waals surface area contributed by atoms with Crippen molar-refractivity contribution >= 4 is 46.1 Å². The van der Waals surface area contributed by atoms with Gasteiger partial charge in [-0.15, -0.1) is 0 Å². The number of para-hydroxylation sites is 1. The molecule has 0 aliphatic carbocycles. The lowest BCUT2D eigenvalue weighted by molar-refractivity contribution is -0.179. The molecule has 216 valence electrons. The lowest BCUT2D eigenvalue weighted by atomic mass is 9.65. The van der Waals surface area contributed by atoms with E-state index in [4.69, 9.17) is 9.47 Å². The minimum absolute atomic E-state index is 0.474. The van der Waals surface area contributed by atoms with Gasteiger partial charge in [-0.3, -0.25) is 19.3 Å². The number of nitrogens with zero attached hydrogens (tertiary/aromatic N) is 1. The third-order valence-electron chi connectivity index (χ3n) is 8.97. The van der Waals surface area contributed by atoms with E-state index in [0.29, 0.717) is 22.6 Å². The Morgan fingerprint density at radius 3 is 2.23 bits per heavy atom. The predicted octanol–water partition coefficient (Wildman–Crippen LogP) is 5.66. The van der Waals surface area contributed by atoms with Crippen molar-refractivity contribution in [2.75, 3.05) is 12.4 Å². The number of anilines is 1. The zero-order valence-electron chi connectivity index (χ0n) is 23.0. The highest BCUT2D eigenvalue weighted by Gasteiger charge is 2.74. The second-order valence-corrected chi connectivity index (χ2v) is 12.2. The van der Waals surface area contributed by atoms with Gasteiger partial charge in [0.05, 0.1) is 19.2 Å². The van der Waals surface area contributed by atoms with E-state index in [-0.39, 0.29) is 0 Å². The maximum Gasteiger partial charge on any atom is 0.325 e. The first-order chi connectivity index (χ1) is 20.9. The number of carboxylic acids is 1. The van der Waals surface area contributed by atoms with Crippen molar-refractivity contribution in [1.82, 2.24) is 4.90 Å². The molecule has 0 bridgehead atoms. The number of methoxy groups -OCH3 is 1. The van der Waals surface area contributed by atoms with Crippen molar-refractivity contribution < 1.29 is 29.0 Å². The predicted molar refractivity (Wildman–Crippen MR) is 166 cm³/mol. The highest BCUT2D eigenvalue weighted by Crippen LogP contribution is 2.65. The van der Waals surface area contributed by atoms with Crippen LogP contribution in [0.4, 0.5) is 5.69 Å². The van der Waals surface area contributed by atoms with E-state index in [2.05, 4.69) is 27.9 Å². The fourth-order valence-corrected chi connectivity index (χ4v) is 7.90. The van der Waals surface area contributed by atoms with Crippen LogP contribution in [0, 0.1) is 9.49 Å². The standard InChI is InChI=1S/C34H27IN2O6/c1-42-25-15-9-8-14-22(25)30-34(23-18-21(35)16-17-24(23)36-33(34)41)26(31(38)39)28-32(40)43-29(20-12-6-3-7-13-20)27(37(28)30)19-10-4-2-5-11-19/h2-18,26-30H,1H3,(H,36,41)(H,38,39)/t26-,27-,28-,29+,30+,34-/m0/s1. The molecule has 0 unspecified atom stereocenters. The number of carbonyl (C=O) groups excluding carboxylic acids is 2. The molecule has 3 heterocycles. The number of amides is 1. The Hall–Kier alpha value is -4.22. The van der Waals surface area contributed by atoms with E-state index in [1.54, 1.807) is 19.2 Å². The van der Waals surface area contributed by atoms with Gasteiger partial charge < -0.3 is 19.9 Å². The molecule has 4 aromatic carbocycles. The molecule has 1 spiro atoms. The van der Waals surface area contributed by atoms with Crippen molar-refractivity contribution in [2.24, 2.45) is 5.92 Å². The smallest absolute Gasteiger partial charge is 0.325 e. The van der Waals surface area contributed by atoms with Crippen molar-refractivity contribution in [3.8, 4) is 5.75 Å². The first kappa shape index (κ1) is 27.6. The average molecular weight is 687 g/mol. The number of benzene rings is 4. The SMILES string of the molecule is COc1ccccc1[C@H]1N2[C@H](C(=O)O[C@H](c3ccccc3)[C@@H]2c2ccccc2)[C@@H](C(=O)O)[C@]12C(=O)Nc1ccc(I)cc12. The zero-order valence-corrected chi connectivity index (χ0v) is 25.2. The Morgan fingerprint density at radius 1 is 0.907 bits per heavy atom. The summed E-state index contributed by atoms with van der Waals surface area (Å²) in [5.74, 6) is -3.38. The van der Waals surface area contributed by atoms with Gasteiger partial charge in [0.1, 0.15) is 29.2 Å². The molecule has 0 saturated carbocycles. The van der Waals surface area contributed by atoms with Crippen molar-refractivity contribution in [2.45, 2.75) is 29.6 Å². The molecule has 3 aliphatic heterocycles. The molecule has 0 aromatic heterocycles. The molecule has 7 rings (SSSR count). The van der Waals surface area contributed by atoms with Crippen molar-refractivity contribution in [1.29, 1.82) is 0 Å². The van der Waals surface area contributed by atoms with Gasteiger partial charge >= 0.3 is 11.9 Å². The Morgan fingerprint density at radius 2 is 1.56 bits per heavy atom. The van der Waals surface area contributed by atoms with E-state index < -0.39 is 53.4 Å². The first-order valence-electron chi connectivity index (χ1n) is 13.9. The summed E-state index contributed by atoms with van der Waals surface area (Å²) < 4.78 is 12.9. The van der Waals surface area contributed by atoms with Gasteiger partial charge in [0, 0.05) is 14.8 Å². The van der Waals surface area contributed by atoms with Gasteiger partial charge in [-0.1, -0.05) is 78.9 Å². The summed E-state index contributed by atoms with van der Waals surface area (Å²) in [7, 11) is 1.55. The normalized spacial score (nSPS) is 27.7. The van der Waals surface area contributed by atoms with E-state index in [9.17, 15) is 19.5 Å². The van der Waals surface area contributed by atoms with E-state index in [1.165, 1.54) is 0 Å². The van der Waals surface area contributed by atoms with Crippen LogP contribution in [0.5, 0.6) is 5.75 Å². The third kappa shape index (κ3) is 4.01. The number of carbonyl (C=O) groups is 3. The fraction of sp³-hybridized carbons (Fsp3) is 0.206. The number of fused-ring (bicyclic) bond motifs is 3. The van der Waals surface area contributed by atoms with Crippen molar-refractivity contribution in [3.63, 3.8) is 0 Å². The van der Waals surface area contributed by atoms with Gasteiger partial charge in [-0.2, -0.15) is 0 Å². The number of halogens is 1. The molecule has 3 aliphatic rings. The summed E-state index contributed by atoms with van der Waals surface area (Å²) in [5, 5.41) is 14.0. The molecular weight excluding hydrogens is 659 g/mol. The second kappa shape index (κ2) is 10.5. The number of hydrogen-bond acceptors (Lipinski definition) is 6. The molecule has 6 atom stereocenters. The van der Waals surface area contributed by atoms with E-state index >= 15 is 0 Å². The molecule has 2 saturated heterocycles. The van der Waals surface area contributed by atoms with Gasteiger partial charge in [0.15, 0.2) is 0 Å². The quantitative estimate of drug-likeness (QED) is 0.207.